The van der Waals surface area contributed by atoms with E-state index in [1.165, 1.54) is 15.8 Å². The largest absolute Gasteiger partial charge is 0.481 e. The van der Waals surface area contributed by atoms with E-state index in [1.54, 1.807) is 24.4 Å². The van der Waals surface area contributed by atoms with E-state index in [0.717, 1.165) is 0 Å². The van der Waals surface area contributed by atoms with E-state index in [2.05, 4.69) is 5.10 Å². The van der Waals surface area contributed by atoms with E-state index in [0.29, 0.717) is 34.4 Å². The summed E-state index contributed by atoms with van der Waals surface area (Å²) in [5, 5.41) is 14.1. The molecule has 0 bridgehead atoms. The van der Waals surface area contributed by atoms with E-state index in [-0.39, 0.29) is 18.9 Å². The number of aliphatic carboxylic acids is 1. The van der Waals surface area contributed by atoms with Crippen molar-refractivity contribution >= 4 is 35.1 Å². The molecule has 1 saturated heterocycles. The zero-order valence-electron chi connectivity index (χ0n) is 13.1. The molecule has 7 nitrogen and oxygen atoms in total. The van der Waals surface area contributed by atoms with E-state index in [4.69, 9.17) is 33.0 Å². The number of carboxylic acids is 1. The third-order valence-corrected chi connectivity index (χ3v) is 4.42. The molecule has 1 aliphatic rings. The van der Waals surface area contributed by atoms with Gasteiger partial charge in [-0.1, -0.05) is 23.2 Å². The SMILES string of the molecule is O=C(O)CC1COCCN1C(=O)c1cnn(-c2ccc(Cl)cc2Cl)c1. The van der Waals surface area contributed by atoms with Crippen molar-refractivity contribution in [3.05, 3.63) is 46.2 Å². The van der Waals surface area contributed by atoms with Crippen LogP contribution in [0.2, 0.25) is 10.0 Å². The first-order valence-electron chi connectivity index (χ1n) is 7.56. The van der Waals surface area contributed by atoms with Crippen molar-refractivity contribution in [2.24, 2.45) is 0 Å². The first-order chi connectivity index (χ1) is 12.0. The van der Waals surface area contributed by atoms with Crippen LogP contribution in [0.4, 0.5) is 0 Å². The number of aromatic nitrogens is 2. The summed E-state index contributed by atoms with van der Waals surface area (Å²) in [4.78, 5) is 25.3. The third kappa shape index (κ3) is 3.95. The second kappa shape index (κ2) is 7.43. The molecule has 9 heteroatoms. The number of carbonyl (C=O) groups is 2. The molecular weight excluding hydrogens is 369 g/mol. The van der Waals surface area contributed by atoms with E-state index in [9.17, 15) is 9.59 Å². The Kier molecular flexibility index (Phi) is 5.27. The molecule has 1 aromatic heterocycles. The number of ether oxygens (including phenoxy) is 1. The molecule has 1 atom stereocenters. The normalized spacial score (nSPS) is 17.5. The van der Waals surface area contributed by atoms with Crippen molar-refractivity contribution in [3.8, 4) is 5.69 Å². The summed E-state index contributed by atoms with van der Waals surface area (Å²) in [6, 6.07) is 4.47. The smallest absolute Gasteiger partial charge is 0.305 e. The molecule has 1 N–H and O–H groups in total. The summed E-state index contributed by atoms with van der Waals surface area (Å²) in [5.41, 5.74) is 0.942. The molecule has 25 heavy (non-hydrogen) atoms. The number of benzene rings is 1. The van der Waals surface area contributed by atoms with Crippen LogP contribution >= 0.6 is 23.2 Å². The van der Waals surface area contributed by atoms with Crippen LogP contribution in [0.1, 0.15) is 16.8 Å². The molecule has 3 rings (SSSR count). The van der Waals surface area contributed by atoms with E-state index in [1.807, 2.05) is 0 Å². The summed E-state index contributed by atoms with van der Waals surface area (Å²) in [6.45, 7) is 0.915. The molecule has 1 aliphatic heterocycles. The average Bonchev–Trinajstić information content (AvgIpc) is 3.04. The van der Waals surface area contributed by atoms with Gasteiger partial charge in [-0.05, 0) is 18.2 Å². The van der Waals surface area contributed by atoms with Crippen LogP contribution in [0.25, 0.3) is 5.69 Å². The quantitative estimate of drug-likeness (QED) is 0.876. The average molecular weight is 384 g/mol. The van der Waals surface area contributed by atoms with Crippen LogP contribution in [-0.2, 0) is 9.53 Å². The molecule has 1 aromatic carbocycles. The molecule has 2 heterocycles. The highest BCUT2D eigenvalue weighted by molar-refractivity contribution is 6.35. The highest BCUT2D eigenvalue weighted by Crippen LogP contribution is 2.24. The molecule has 1 unspecified atom stereocenters. The van der Waals surface area contributed by atoms with Crippen molar-refractivity contribution in [1.29, 1.82) is 0 Å². The zero-order chi connectivity index (χ0) is 18.0. The van der Waals surface area contributed by atoms with Crippen LogP contribution in [0, 0.1) is 0 Å². The highest BCUT2D eigenvalue weighted by atomic mass is 35.5. The Morgan fingerprint density at radius 2 is 2.16 bits per heavy atom. The van der Waals surface area contributed by atoms with Gasteiger partial charge in [0.1, 0.15) is 0 Å². The van der Waals surface area contributed by atoms with Gasteiger partial charge < -0.3 is 14.7 Å². The Morgan fingerprint density at radius 3 is 2.88 bits per heavy atom. The van der Waals surface area contributed by atoms with Gasteiger partial charge in [-0.2, -0.15) is 5.10 Å². The summed E-state index contributed by atoms with van der Waals surface area (Å²) in [7, 11) is 0. The Hall–Kier alpha value is -2.09. The van der Waals surface area contributed by atoms with Gasteiger partial charge in [-0.15, -0.1) is 0 Å². The van der Waals surface area contributed by atoms with Crippen molar-refractivity contribution in [1.82, 2.24) is 14.7 Å². The fourth-order valence-electron chi connectivity index (χ4n) is 2.69. The van der Waals surface area contributed by atoms with Crippen LogP contribution in [-0.4, -0.2) is 57.5 Å². The van der Waals surface area contributed by atoms with Crippen LogP contribution < -0.4 is 0 Å². The van der Waals surface area contributed by atoms with Crippen molar-refractivity contribution in [2.75, 3.05) is 19.8 Å². The van der Waals surface area contributed by atoms with Crippen LogP contribution in [0.15, 0.2) is 30.6 Å². The van der Waals surface area contributed by atoms with Gasteiger partial charge in [0.2, 0.25) is 0 Å². The summed E-state index contributed by atoms with van der Waals surface area (Å²) >= 11 is 12.0. The lowest BCUT2D eigenvalue weighted by Gasteiger charge is -2.34. The molecule has 2 aromatic rings. The maximum Gasteiger partial charge on any atom is 0.305 e. The Morgan fingerprint density at radius 1 is 1.36 bits per heavy atom. The number of hydrogen-bond acceptors (Lipinski definition) is 4. The lowest BCUT2D eigenvalue weighted by molar-refractivity contribution is -0.139. The molecular formula is C16H15Cl2N3O4. The number of carbonyl (C=O) groups excluding carboxylic acids is 1. The lowest BCUT2D eigenvalue weighted by atomic mass is 10.1. The van der Waals surface area contributed by atoms with E-state index >= 15 is 0 Å². The van der Waals surface area contributed by atoms with Crippen LogP contribution in [0.5, 0.6) is 0 Å². The van der Waals surface area contributed by atoms with Gasteiger partial charge >= 0.3 is 5.97 Å². The molecule has 132 valence electrons. The van der Waals surface area contributed by atoms with Gasteiger partial charge in [0.25, 0.3) is 5.91 Å². The topological polar surface area (TPSA) is 84.7 Å². The standard InChI is InChI=1S/C16H15Cl2N3O4/c17-11-1-2-14(13(18)5-11)21-8-10(7-19-21)16(24)20-3-4-25-9-12(20)6-15(22)23/h1-2,5,7-8,12H,3-4,6,9H2,(H,22,23). The van der Waals surface area contributed by atoms with Crippen LogP contribution in [0.3, 0.4) is 0 Å². The van der Waals surface area contributed by atoms with E-state index < -0.39 is 12.0 Å². The Labute approximate surface area is 153 Å². The third-order valence-electron chi connectivity index (χ3n) is 3.88. The predicted octanol–water partition coefficient (Wildman–Crippen LogP) is 2.49. The highest BCUT2D eigenvalue weighted by Gasteiger charge is 2.30. The Bertz CT molecular complexity index is 808. The fourth-order valence-corrected chi connectivity index (χ4v) is 3.19. The first-order valence-corrected chi connectivity index (χ1v) is 8.32. The maximum atomic E-state index is 12.7. The van der Waals surface area contributed by atoms with Gasteiger partial charge in [-0.25, -0.2) is 4.68 Å². The molecule has 1 fully saturated rings. The Balaban J connectivity index is 1.83. The molecule has 0 aliphatic carbocycles. The number of halogens is 2. The zero-order valence-corrected chi connectivity index (χ0v) is 14.6. The van der Waals surface area contributed by atoms with Gasteiger partial charge in [-0.3, -0.25) is 9.59 Å². The van der Waals surface area contributed by atoms with Crippen molar-refractivity contribution in [2.45, 2.75) is 12.5 Å². The van der Waals surface area contributed by atoms with Crippen molar-refractivity contribution < 1.29 is 19.4 Å². The van der Waals surface area contributed by atoms with Gasteiger partial charge in [0.05, 0.1) is 48.1 Å². The molecule has 0 radical (unpaired) electrons. The predicted molar refractivity (Wildman–Crippen MR) is 91.5 cm³/mol. The second-order valence-corrected chi connectivity index (χ2v) is 6.44. The number of nitrogens with zero attached hydrogens (tertiary/aromatic N) is 3. The summed E-state index contributed by atoms with van der Waals surface area (Å²) < 4.78 is 6.78. The number of morpholine rings is 1. The first kappa shape index (κ1) is 17.7. The minimum absolute atomic E-state index is 0.164. The lowest BCUT2D eigenvalue weighted by Crippen LogP contribution is -2.49. The van der Waals surface area contributed by atoms with Gasteiger partial charge in [0.15, 0.2) is 0 Å². The molecule has 0 saturated carbocycles. The number of amides is 1. The summed E-state index contributed by atoms with van der Waals surface area (Å²) in [6.07, 6.45) is 2.83. The minimum Gasteiger partial charge on any atom is -0.481 e. The monoisotopic (exact) mass is 383 g/mol. The maximum absolute atomic E-state index is 12.7. The molecule has 1 amide bonds. The molecule has 0 spiro atoms. The fraction of sp³-hybridized carbons (Fsp3) is 0.312. The minimum atomic E-state index is -0.975. The number of rotatable bonds is 4. The summed E-state index contributed by atoms with van der Waals surface area (Å²) in [5.74, 6) is -1.26. The number of carboxylic acid groups (broad SMARTS) is 1. The second-order valence-electron chi connectivity index (χ2n) is 5.59. The van der Waals surface area contributed by atoms with Crippen molar-refractivity contribution in [3.63, 3.8) is 0 Å². The number of hydrogen-bond donors (Lipinski definition) is 1. The van der Waals surface area contributed by atoms with Gasteiger partial charge in [0, 0.05) is 17.8 Å².